The third-order valence-electron chi connectivity index (χ3n) is 4.80. The van der Waals surface area contributed by atoms with Crippen LogP contribution in [0.15, 0.2) is 18.2 Å². The minimum Gasteiger partial charge on any atom is -0.465 e. The van der Waals surface area contributed by atoms with Crippen molar-refractivity contribution in [2.75, 3.05) is 6.61 Å². The molecule has 0 radical (unpaired) electrons. The Hall–Kier alpha value is -2.24. The van der Waals surface area contributed by atoms with Crippen molar-refractivity contribution >= 4 is 5.97 Å². The van der Waals surface area contributed by atoms with E-state index in [1.165, 1.54) is 20.8 Å². The van der Waals surface area contributed by atoms with Crippen molar-refractivity contribution in [1.29, 1.82) is 5.26 Å². The van der Waals surface area contributed by atoms with E-state index >= 15 is 0 Å². The van der Waals surface area contributed by atoms with E-state index in [1.54, 1.807) is 6.07 Å². The minimum absolute atomic E-state index is 0.0112. The molecule has 2 atom stereocenters. The molecule has 1 aromatic carbocycles. The number of ether oxygens (including phenoxy) is 1. The molecule has 142 valence electrons. The molecular formula is C17H15F6NO2. The van der Waals surface area contributed by atoms with Gasteiger partial charge in [0.05, 0.1) is 23.8 Å². The zero-order valence-corrected chi connectivity index (χ0v) is 14.0. The van der Waals surface area contributed by atoms with Crippen LogP contribution < -0.4 is 0 Å². The third-order valence-corrected chi connectivity index (χ3v) is 4.80. The topological polar surface area (TPSA) is 50.1 Å². The SMILES string of the molecule is CCOC(=O)[C@@]1(C#N)[C@H](c2cc(C(F)(F)F)cc(C(F)(F)F)c2)C1(C)C. The van der Waals surface area contributed by atoms with Gasteiger partial charge in [0.15, 0.2) is 5.41 Å². The minimum atomic E-state index is -5.01. The second kappa shape index (κ2) is 5.89. The summed E-state index contributed by atoms with van der Waals surface area (Å²) in [6, 6.07) is 2.88. The first-order valence-corrected chi connectivity index (χ1v) is 7.61. The van der Waals surface area contributed by atoms with Crippen LogP contribution >= 0.6 is 0 Å². The number of carbonyl (C=O) groups excluding carboxylic acids is 1. The second-order valence-corrected chi connectivity index (χ2v) is 6.63. The zero-order chi connectivity index (χ0) is 20.1. The highest BCUT2D eigenvalue weighted by molar-refractivity contribution is 5.88. The molecule has 0 heterocycles. The Morgan fingerprint density at radius 2 is 1.58 bits per heavy atom. The van der Waals surface area contributed by atoms with Crippen molar-refractivity contribution in [1.82, 2.24) is 0 Å². The van der Waals surface area contributed by atoms with Crippen molar-refractivity contribution in [2.45, 2.75) is 39.0 Å². The number of rotatable bonds is 3. The lowest BCUT2D eigenvalue weighted by Crippen LogP contribution is -2.23. The summed E-state index contributed by atoms with van der Waals surface area (Å²) < 4.78 is 83.1. The maximum atomic E-state index is 13.0. The van der Waals surface area contributed by atoms with Crippen LogP contribution in [0, 0.1) is 22.2 Å². The van der Waals surface area contributed by atoms with Crippen LogP contribution in [-0.2, 0) is 21.9 Å². The Morgan fingerprint density at radius 3 is 1.92 bits per heavy atom. The van der Waals surface area contributed by atoms with E-state index in [4.69, 9.17) is 4.74 Å². The molecule has 1 saturated carbocycles. The Labute approximate surface area is 145 Å². The normalized spacial score (nSPS) is 24.7. The molecule has 0 unspecified atom stereocenters. The van der Waals surface area contributed by atoms with Crippen LogP contribution in [0.1, 0.15) is 43.4 Å². The summed E-state index contributed by atoms with van der Waals surface area (Å²) in [6.07, 6.45) is -10.0. The molecule has 1 aromatic rings. The first kappa shape index (κ1) is 20.1. The summed E-state index contributed by atoms with van der Waals surface area (Å²) in [6.45, 7) is 4.29. The predicted molar refractivity (Wildman–Crippen MR) is 77.6 cm³/mol. The van der Waals surface area contributed by atoms with Crippen LogP contribution in [0.3, 0.4) is 0 Å². The molecule has 0 spiro atoms. The Morgan fingerprint density at radius 1 is 1.12 bits per heavy atom. The number of esters is 1. The van der Waals surface area contributed by atoms with E-state index in [2.05, 4.69) is 0 Å². The lowest BCUT2D eigenvalue weighted by molar-refractivity contribution is -0.148. The largest absolute Gasteiger partial charge is 0.465 e. The molecule has 1 aliphatic carbocycles. The molecule has 0 saturated heterocycles. The van der Waals surface area contributed by atoms with Gasteiger partial charge in [0, 0.05) is 11.3 Å². The van der Waals surface area contributed by atoms with Gasteiger partial charge in [0.1, 0.15) is 0 Å². The Bertz CT molecular complexity index is 743. The molecule has 0 aromatic heterocycles. The average molecular weight is 379 g/mol. The van der Waals surface area contributed by atoms with Crippen LogP contribution in [0.4, 0.5) is 26.3 Å². The van der Waals surface area contributed by atoms with Crippen molar-refractivity contribution in [3.63, 3.8) is 0 Å². The average Bonchev–Trinajstić information content (AvgIpc) is 3.02. The van der Waals surface area contributed by atoms with Gasteiger partial charge >= 0.3 is 18.3 Å². The first-order chi connectivity index (χ1) is 11.7. The van der Waals surface area contributed by atoms with Crippen LogP contribution in [0.25, 0.3) is 0 Å². The van der Waals surface area contributed by atoms with Gasteiger partial charge in [-0.1, -0.05) is 13.8 Å². The smallest absolute Gasteiger partial charge is 0.416 e. The monoisotopic (exact) mass is 379 g/mol. The molecule has 9 heteroatoms. The van der Waals surface area contributed by atoms with Gasteiger partial charge in [-0.25, -0.2) is 0 Å². The van der Waals surface area contributed by atoms with Crippen LogP contribution in [0.2, 0.25) is 0 Å². The fourth-order valence-corrected chi connectivity index (χ4v) is 3.46. The fraction of sp³-hybridized carbons (Fsp3) is 0.529. The van der Waals surface area contributed by atoms with E-state index in [0.29, 0.717) is 12.1 Å². The van der Waals surface area contributed by atoms with Crippen molar-refractivity contribution in [3.05, 3.63) is 34.9 Å². The highest BCUT2D eigenvalue weighted by Gasteiger charge is 2.78. The van der Waals surface area contributed by atoms with E-state index in [9.17, 15) is 36.4 Å². The van der Waals surface area contributed by atoms with Gasteiger partial charge in [-0.15, -0.1) is 0 Å². The van der Waals surface area contributed by atoms with Crippen LogP contribution in [0.5, 0.6) is 0 Å². The quantitative estimate of drug-likeness (QED) is 0.553. The number of nitrogens with zero attached hydrogens (tertiary/aromatic N) is 1. The molecule has 1 aliphatic rings. The number of carbonyl (C=O) groups is 1. The van der Waals surface area contributed by atoms with E-state index < -0.39 is 46.2 Å². The summed E-state index contributed by atoms with van der Waals surface area (Å²) in [7, 11) is 0. The highest BCUT2D eigenvalue weighted by Crippen LogP contribution is 2.74. The maximum Gasteiger partial charge on any atom is 0.416 e. The molecule has 0 bridgehead atoms. The standard InChI is InChI=1S/C17H15F6NO2/c1-4-26-13(25)15(8-24)12(14(15,2)3)9-5-10(16(18,19)20)7-11(6-9)17(21,22)23/h5-7,12H,4H2,1-3H3/t12-,15-/m1/s1. The van der Waals surface area contributed by atoms with Gasteiger partial charge in [0.2, 0.25) is 0 Å². The first-order valence-electron chi connectivity index (χ1n) is 7.61. The van der Waals surface area contributed by atoms with E-state index in [-0.39, 0.29) is 18.2 Å². The number of halogens is 6. The third kappa shape index (κ3) is 2.91. The van der Waals surface area contributed by atoms with Crippen LogP contribution in [-0.4, -0.2) is 12.6 Å². The molecule has 0 aliphatic heterocycles. The summed E-state index contributed by atoms with van der Waals surface area (Å²) in [5.41, 5.74) is -6.36. The molecule has 0 amide bonds. The van der Waals surface area contributed by atoms with Crippen molar-refractivity contribution < 1.29 is 35.9 Å². The lowest BCUT2D eigenvalue weighted by Gasteiger charge is -2.15. The summed E-state index contributed by atoms with van der Waals surface area (Å²) >= 11 is 0. The number of hydrogen-bond acceptors (Lipinski definition) is 3. The zero-order valence-electron chi connectivity index (χ0n) is 14.0. The Kier molecular flexibility index (Phi) is 4.55. The van der Waals surface area contributed by atoms with Crippen molar-refractivity contribution in [2.24, 2.45) is 10.8 Å². The number of hydrogen-bond donors (Lipinski definition) is 0. The van der Waals surface area contributed by atoms with E-state index in [1.807, 2.05) is 0 Å². The highest BCUT2D eigenvalue weighted by atomic mass is 19.4. The van der Waals surface area contributed by atoms with Gasteiger partial charge in [-0.05, 0) is 30.7 Å². The number of alkyl halides is 6. The molecule has 0 N–H and O–H groups in total. The lowest BCUT2D eigenvalue weighted by atomic mass is 9.96. The maximum absolute atomic E-state index is 13.0. The molecular weight excluding hydrogens is 364 g/mol. The summed E-state index contributed by atoms with van der Waals surface area (Å²) in [5.74, 6) is -2.11. The molecule has 1 fully saturated rings. The summed E-state index contributed by atoms with van der Waals surface area (Å²) in [5, 5.41) is 9.48. The van der Waals surface area contributed by atoms with Gasteiger partial charge in [-0.3, -0.25) is 4.79 Å². The number of benzene rings is 1. The second-order valence-electron chi connectivity index (χ2n) is 6.63. The van der Waals surface area contributed by atoms with Gasteiger partial charge in [-0.2, -0.15) is 31.6 Å². The van der Waals surface area contributed by atoms with E-state index in [0.717, 1.165) is 0 Å². The molecule has 3 nitrogen and oxygen atoms in total. The number of nitriles is 1. The Balaban J connectivity index is 2.65. The fourth-order valence-electron chi connectivity index (χ4n) is 3.46. The van der Waals surface area contributed by atoms with Gasteiger partial charge < -0.3 is 4.74 Å². The van der Waals surface area contributed by atoms with Gasteiger partial charge in [0.25, 0.3) is 0 Å². The molecule has 26 heavy (non-hydrogen) atoms. The molecule has 2 rings (SSSR count). The predicted octanol–water partition coefficient (Wildman–Crippen LogP) is 4.92. The van der Waals surface area contributed by atoms with Crippen molar-refractivity contribution in [3.8, 4) is 6.07 Å². The summed E-state index contributed by atoms with van der Waals surface area (Å²) in [4.78, 5) is 12.2.